The third-order valence-electron chi connectivity index (χ3n) is 6.83. The molecule has 3 aromatic rings. The van der Waals surface area contributed by atoms with E-state index in [4.69, 9.17) is 9.26 Å². The SMILES string of the molecule is Cc1noc(C(NC(=O)C(=O)c2c(C)c(C(=O)Nc3ccc(F)c(C)c3)c(C)n2C)C2CCOCC2)n1. The first-order valence-electron chi connectivity index (χ1n) is 12.0. The van der Waals surface area contributed by atoms with Crippen molar-refractivity contribution in [2.45, 2.75) is 46.6 Å². The molecule has 1 unspecified atom stereocenters. The summed E-state index contributed by atoms with van der Waals surface area (Å²) in [6.07, 6.45) is 1.33. The Hall–Kier alpha value is -3.86. The molecule has 2 amide bonds. The van der Waals surface area contributed by atoms with E-state index < -0.39 is 23.6 Å². The van der Waals surface area contributed by atoms with Crippen LogP contribution >= 0.6 is 0 Å². The Labute approximate surface area is 213 Å². The van der Waals surface area contributed by atoms with Crippen molar-refractivity contribution in [2.24, 2.45) is 13.0 Å². The minimum absolute atomic E-state index is 0.0397. The number of aromatic nitrogens is 3. The van der Waals surface area contributed by atoms with Gasteiger partial charge in [-0.1, -0.05) is 5.16 Å². The lowest BCUT2D eigenvalue weighted by Crippen LogP contribution is -2.40. The lowest BCUT2D eigenvalue weighted by Gasteiger charge is -2.28. The van der Waals surface area contributed by atoms with Crippen LogP contribution in [0.15, 0.2) is 22.7 Å². The summed E-state index contributed by atoms with van der Waals surface area (Å²) in [7, 11) is 1.62. The molecule has 37 heavy (non-hydrogen) atoms. The van der Waals surface area contributed by atoms with Crippen molar-refractivity contribution >= 4 is 23.3 Å². The van der Waals surface area contributed by atoms with E-state index in [0.717, 1.165) is 0 Å². The number of rotatable bonds is 7. The topological polar surface area (TPSA) is 128 Å². The van der Waals surface area contributed by atoms with Crippen molar-refractivity contribution in [3.63, 3.8) is 0 Å². The fourth-order valence-electron chi connectivity index (χ4n) is 4.73. The number of benzene rings is 1. The molecule has 2 N–H and O–H groups in total. The predicted octanol–water partition coefficient (Wildman–Crippen LogP) is 3.50. The third-order valence-corrected chi connectivity index (χ3v) is 6.83. The Morgan fingerprint density at radius 3 is 2.46 bits per heavy atom. The summed E-state index contributed by atoms with van der Waals surface area (Å²) in [5.41, 5.74) is 2.07. The van der Waals surface area contributed by atoms with Gasteiger partial charge in [0.15, 0.2) is 5.82 Å². The highest BCUT2D eigenvalue weighted by Gasteiger charge is 2.35. The maximum absolute atomic E-state index is 13.6. The number of Topliss-reactive ketones (excluding diaryl/α,β-unsaturated/α-hetero) is 1. The molecule has 1 fully saturated rings. The van der Waals surface area contributed by atoms with Gasteiger partial charge in [0.1, 0.15) is 11.9 Å². The summed E-state index contributed by atoms with van der Waals surface area (Å²) < 4.78 is 25.9. The van der Waals surface area contributed by atoms with Crippen LogP contribution in [0.25, 0.3) is 0 Å². The predicted molar refractivity (Wildman–Crippen MR) is 132 cm³/mol. The van der Waals surface area contributed by atoms with E-state index in [1.165, 1.54) is 22.8 Å². The molecule has 196 valence electrons. The molecule has 4 rings (SSSR count). The van der Waals surface area contributed by atoms with Crippen LogP contribution < -0.4 is 10.6 Å². The molecular formula is C26H30FN5O5. The standard InChI is InChI=1S/C26H30FN5O5/c1-13-12-18(6-7-19(13)27)29-24(34)20-14(2)22(32(5)15(20)3)23(33)25(35)30-21(17-8-10-36-11-9-17)26-28-16(4)31-37-26/h6-7,12,17,21H,8-11H2,1-5H3,(H,29,34)(H,30,35). The van der Waals surface area contributed by atoms with Crippen LogP contribution in [0.4, 0.5) is 10.1 Å². The van der Waals surface area contributed by atoms with Crippen molar-refractivity contribution in [3.05, 3.63) is 63.8 Å². The van der Waals surface area contributed by atoms with Crippen LogP contribution in [0, 0.1) is 39.4 Å². The van der Waals surface area contributed by atoms with Gasteiger partial charge in [0.2, 0.25) is 5.89 Å². The van der Waals surface area contributed by atoms with E-state index in [0.29, 0.717) is 54.4 Å². The highest BCUT2D eigenvalue weighted by atomic mass is 19.1. The molecule has 1 aromatic carbocycles. The number of amides is 2. The van der Waals surface area contributed by atoms with Crippen LogP contribution in [-0.4, -0.2) is 45.5 Å². The molecule has 0 aliphatic carbocycles. The van der Waals surface area contributed by atoms with Crippen LogP contribution in [0.1, 0.15) is 68.3 Å². The number of hydrogen-bond donors (Lipinski definition) is 2. The second-order valence-electron chi connectivity index (χ2n) is 9.32. The van der Waals surface area contributed by atoms with Gasteiger partial charge < -0.3 is 24.5 Å². The van der Waals surface area contributed by atoms with Crippen LogP contribution in [0.5, 0.6) is 0 Å². The zero-order valence-electron chi connectivity index (χ0n) is 21.5. The summed E-state index contributed by atoms with van der Waals surface area (Å²) in [5, 5.41) is 9.36. The summed E-state index contributed by atoms with van der Waals surface area (Å²) in [6.45, 7) is 7.65. The lowest BCUT2D eigenvalue weighted by atomic mass is 9.91. The number of anilines is 1. The van der Waals surface area contributed by atoms with Crippen LogP contribution in [0.3, 0.4) is 0 Å². The summed E-state index contributed by atoms with van der Waals surface area (Å²) in [6, 6.07) is 3.61. The monoisotopic (exact) mass is 511 g/mol. The fourth-order valence-corrected chi connectivity index (χ4v) is 4.73. The van der Waals surface area contributed by atoms with E-state index in [1.807, 2.05) is 0 Å². The minimum atomic E-state index is -0.836. The smallest absolute Gasteiger partial charge is 0.294 e. The maximum atomic E-state index is 13.6. The Morgan fingerprint density at radius 2 is 1.84 bits per heavy atom. The molecule has 3 heterocycles. The quantitative estimate of drug-likeness (QED) is 0.367. The van der Waals surface area contributed by atoms with Crippen molar-refractivity contribution in [1.29, 1.82) is 0 Å². The molecule has 0 radical (unpaired) electrons. The number of hydrogen-bond acceptors (Lipinski definition) is 7. The molecule has 11 heteroatoms. The highest BCUT2D eigenvalue weighted by molar-refractivity contribution is 6.43. The first-order chi connectivity index (χ1) is 17.6. The number of carbonyl (C=O) groups is 3. The number of nitrogens with one attached hydrogen (secondary N) is 2. The third kappa shape index (κ3) is 5.31. The number of ether oxygens (including phenoxy) is 1. The number of nitrogens with zero attached hydrogens (tertiary/aromatic N) is 3. The molecule has 0 bridgehead atoms. The molecule has 0 spiro atoms. The van der Waals surface area contributed by atoms with Crippen LogP contribution in [0.2, 0.25) is 0 Å². The number of ketones is 1. The summed E-state index contributed by atoms with van der Waals surface area (Å²) in [4.78, 5) is 44.0. The second-order valence-corrected chi connectivity index (χ2v) is 9.32. The maximum Gasteiger partial charge on any atom is 0.294 e. The number of halogens is 1. The van der Waals surface area contributed by atoms with Gasteiger partial charge in [-0.2, -0.15) is 4.98 Å². The van der Waals surface area contributed by atoms with E-state index in [1.54, 1.807) is 34.7 Å². The molecule has 1 atom stereocenters. The fraction of sp³-hybridized carbons (Fsp3) is 0.423. The molecule has 2 aromatic heterocycles. The van der Waals surface area contributed by atoms with Gasteiger partial charge in [0.05, 0.1) is 11.3 Å². The van der Waals surface area contributed by atoms with E-state index in [-0.39, 0.29) is 28.9 Å². The molecule has 10 nitrogen and oxygen atoms in total. The molecule has 1 aliphatic rings. The van der Waals surface area contributed by atoms with Crippen LogP contribution in [-0.2, 0) is 16.6 Å². The van der Waals surface area contributed by atoms with Gasteiger partial charge in [0, 0.05) is 31.6 Å². The van der Waals surface area contributed by atoms with Crippen molar-refractivity contribution in [3.8, 4) is 0 Å². The number of aryl methyl sites for hydroxylation is 2. The number of carbonyl (C=O) groups excluding carboxylic acids is 3. The zero-order valence-corrected chi connectivity index (χ0v) is 21.5. The van der Waals surface area contributed by atoms with E-state index >= 15 is 0 Å². The average Bonchev–Trinajstić information content (AvgIpc) is 3.39. The van der Waals surface area contributed by atoms with Gasteiger partial charge in [0.25, 0.3) is 17.6 Å². The van der Waals surface area contributed by atoms with Gasteiger partial charge in [-0.3, -0.25) is 14.4 Å². The van der Waals surface area contributed by atoms with Crippen molar-refractivity contribution in [1.82, 2.24) is 20.0 Å². The largest absolute Gasteiger partial charge is 0.381 e. The first kappa shape index (κ1) is 26.2. The molecule has 0 saturated carbocycles. The first-order valence-corrected chi connectivity index (χ1v) is 12.0. The second kappa shape index (κ2) is 10.6. The Bertz CT molecular complexity index is 1360. The van der Waals surface area contributed by atoms with Crippen molar-refractivity contribution in [2.75, 3.05) is 18.5 Å². The Balaban J connectivity index is 1.58. The van der Waals surface area contributed by atoms with Gasteiger partial charge in [-0.15, -0.1) is 0 Å². The molecular weight excluding hydrogens is 481 g/mol. The zero-order chi connectivity index (χ0) is 26.9. The highest BCUT2D eigenvalue weighted by Crippen LogP contribution is 2.30. The van der Waals surface area contributed by atoms with E-state index in [9.17, 15) is 18.8 Å². The lowest BCUT2D eigenvalue weighted by molar-refractivity contribution is -0.118. The summed E-state index contributed by atoms with van der Waals surface area (Å²) >= 11 is 0. The van der Waals surface area contributed by atoms with Crippen molar-refractivity contribution < 1.29 is 28.0 Å². The Kier molecular flexibility index (Phi) is 7.53. The Morgan fingerprint density at radius 1 is 1.14 bits per heavy atom. The molecule has 1 saturated heterocycles. The average molecular weight is 512 g/mol. The van der Waals surface area contributed by atoms with Gasteiger partial charge in [-0.05, 0) is 75.8 Å². The minimum Gasteiger partial charge on any atom is -0.381 e. The molecule has 1 aliphatic heterocycles. The normalized spacial score (nSPS) is 14.9. The van der Waals surface area contributed by atoms with Gasteiger partial charge in [-0.25, -0.2) is 4.39 Å². The summed E-state index contributed by atoms with van der Waals surface area (Å²) in [5.74, 6) is -1.84. The van der Waals surface area contributed by atoms with Gasteiger partial charge >= 0.3 is 0 Å². The van der Waals surface area contributed by atoms with E-state index in [2.05, 4.69) is 20.8 Å².